The maximum atomic E-state index is 8.86. The largest absolute Gasteiger partial charge is 0.493 e. The molecule has 3 aromatic rings. The van der Waals surface area contributed by atoms with Gasteiger partial charge < -0.3 is 20.1 Å². The monoisotopic (exact) mass is 375 g/mol. The van der Waals surface area contributed by atoms with E-state index in [0.717, 1.165) is 29.2 Å². The lowest BCUT2D eigenvalue weighted by molar-refractivity contribution is 0.354. The van der Waals surface area contributed by atoms with E-state index < -0.39 is 0 Å². The van der Waals surface area contributed by atoms with Gasteiger partial charge in [-0.3, -0.25) is 0 Å². The van der Waals surface area contributed by atoms with E-state index >= 15 is 0 Å². The van der Waals surface area contributed by atoms with E-state index in [4.69, 9.17) is 14.7 Å². The van der Waals surface area contributed by atoms with Crippen molar-refractivity contribution in [1.82, 2.24) is 9.97 Å². The summed E-state index contributed by atoms with van der Waals surface area (Å²) in [5, 5.41) is 15.3. The molecule has 2 N–H and O–H groups in total. The van der Waals surface area contributed by atoms with Crippen LogP contribution in [0.3, 0.4) is 0 Å². The first kappa shape index (κ1) is 19.0. The summed E-state index contributed by atoms with van der Waals surface area (Å²) in [6.45, 7) is 0.711. The molecule has 0 unspecified atom stereocenters. The number of nitriles is 1. The van der Waals surface area contributed by atoms with Crippen molar-refractivity contribution < 1.29 is 9.47 Å². The normalized spacial score (nSPS) is 10.0. The summed E-state index contributed by atoms with van der Waals surface area (Å²) in [6, 6.07) is 16.9. The fourth-order valence-electron chi connectivity index (χ4n) is 2.65. The Hall–Kier alpha value is -3.79. The minimum atomic E-state index is 0.487. The molecular formula is C21H21N5O2. The van der Waals surface area contributed by atoms with Crippen molar-refractivity contribution in [2.24, 2.45) is 0 Å². The topological polar surface area (TPSA) is 92.1 Å². The zero-order chi connectivity index (χ0) is 19.8. The van der Waals surface area contributed by atoms with Crippen LogP contribution in [-0.4, -0.2) is 30.7 Å². The second kappa shape index (κ2) is 9.24. The predicted octanol–water partition coefficient (Wildman–Crippen LogP) is 3.76. The fourth-order valence-corrected chi connectivity index (χ4v) is 2.65. The summed E-state index contributed by atoms with van der Waals surface area (Å²) in [4.78, 5) is 8.69. The van der Waals surface area contributed by atoms with Crippen LogP contribution in [-0.2, 0) is 6.42 Å². The molecule has 0 amide bonds. The van der Waals surface area contributed by atoms with Gasteiger partial charge in [0.15, 0.2) is 11.5 Å². The van der Waals surface area contributed by atoms with E-state index in [2.05, 4.69) is 26.7 Å². The summed E-state index contributed by atoms with van der Waals surface area (Å²) in [5.41, 5.74) is 2.56. The Kier molecular flexibility index (Phi) is 6.26. The molecule has 0 aliphatic carbocycles. The van der Waals surface area contributed by atoms with Crippen molar-refractivity contribution in [3.63, 3.8) is 0 Å². The van der Waals surface area contributed by atoms with Gasteiger partial charge in [-0.1, -0.05) is 6.07 Å². The molecule has 0 saturated carbocycles. The van der Waals surface area contributed by atoms with Crippen molar-refractivity contribution >= 4 is 17.5 Å². The Morgan fingerprint density at radius 3 is 2.50 bits per heavy atom. The zero-order valence-electron chi connectivity index (χ0n) is 15.8. The summed E-state index contributed by atoms with van der Waals surface area (Å²) >= 11 is 0. The number of nitrogens with one attached hydrogen (secondary N) is 2. The zero-order valence-corrected chi connectivity index (χ0v) is 15.8. The van der Waals surface area contributed by atoms with Crippen LogP contribution in [0.1, 0.15) is 11.1 Å². The number of ether oxygens (including phenoxy) is 2. The van der Waals surface area contributed by atoms with Gasteiger partial charge in [-0.05, 0) is 54.4 Å². The number of hydrogen-bond acceptors (Lipinski definition) is 7. The standard InChI is InChI=1S/C21H21N5O2/c1-27-18-8-5-15(13-19(18)28-2)9-11-23-20-10-12-24-21(26-20)25-17-6-3-16(14-22)4-7-17/h3-8,10,12-13H,9,11H2,1-2H3,(H2,23,24,25,26). The lowest BCUT2D eigenvalue weighted by Gasteiger charge is -2.11. The molecule has 0 spiro atoms. The first-order valence-electron chi connectivity index (χ1n) is 8.77. The SMILES string of the molecule is COc1ccc(CCNc2ccnc(Nc3ccc(C#N)cc3)n2)cc1OC. The molecule has 7 nitrogen and oxygen atoms in total. The average molecular weight is 375 g/mol. The van der Waals surface area contributed by atoms with E-state index in [1.807, 2.05) is 36.4 Å². The van der Waals surface area contributed by atoms with Crippen LogP contribution in [0.15, 0.2) is 54.7 Å². The highest BCUT2D eigenvalue weighted by atomic mass is 16.5. The van der Waals surface area contributed by atoms with E-state index in [-0.39, 0.29) is 0 Å². The third-order valence-corrected chi connectivity index (χ3v) is 4.09. The first-order chi connectivity index (χ1) is 13.7. The molecule has 0 fully saturated rings. The van der Waals surface area contributed by atoms with Crippen molar-refractivity contribution in [3.05, 3.63) is 65.9 Å². The second-order valence-electron chi connectivity index (χ2n) is 5.95. The molecule has 7 heteroatoms. The van der Waals surface area contributed by atoms with E-state index in [1.54, 1.807) is 32.5 Å². The van der Waals surface area contributed by atoms with Crippen LogP contribution in [0.4, 0.5) is 17.5 Å². The molecule has 3 rings (SSSR count). The first-order valence-corrected chi connectivity index (χ1v) is 8.77. The minimum Gasteiger partial charge on any atom is -0.493 e. The number of rotatable bonds is 8. The maximum Gasteiger partial charge on any atom is 0.229 e. The van der Waals surface area contributed by atoms with Crippen LogP contribution in [0.5, 0.6) is 11.5 Å². The summed E-state index contributed by atoms with van der Waals surface area (Å²) < 4.78 is 10.6. The maximum absolute atomic E-state index is 8.86. The summed E-state index contributed by atoms with van der Waals surface area (Å²) in [7, 11) is 3.25. The highest BCUT2D eigenvalue weighted by Gasteiger charge is 2.05. The Morgan fingerprint density at radius 2 is 1.79 bits per heavy atom. The van der Waals surface area contributed by atoms with Gasteiger partial charge in [-0.25, -0.2) is 4.98 Å². The van der Waals surface area contributed by atoms with Gasteiger partial charge in [0, 0.05) is 18.4 Å². The Bertz CT molecular complexity index is 967. The van der Waals surface area contributed by atoms with Gasteiger partial charge in [-0.2, -0.15) is 10.2 Å². The molecule has 0 aliphatic heterocycles. The second-order valence-corrected chi connectivity index (χ2v) is 5.95. The minimum absolute atomic E-state index is 0.487. The Morgan fingerprint density at radius 1 is 1.00 bits per heavy atom. The molecule has 28 heavy (non-hydrogen) atoms. The van der Waals surface area contributed by atoms with Gasteiger partial charge in [0.1, 0.15) is 5.82 Å². The summed E-state index contributed by atoms with van der Waals surface area (Å²) in [6.07, 6.45) is 2.50. The van der Waals surface area contributed by atoms with Gasteiger partial charge in [0.05, 0.1) is 25.9 Å². The number of aromatic nitrogens is 2. The van der Waals surface area contributed by atoms with Crippen LogP contribution >= 0.6 is 0 Å². The molecule has 142 valence electrons. The molecule has 0 bridgehead atoms. The van der Waals surface area contributed by atoms with Crippen LogP contribution in [0, 0.1) is 11.3 Å². The third-order valence-electron chi connectivity index (χ3n) is 4.09. The van der Waals surface area contributed by atoms with Gasteiger partial charge >= 0.3 is 0 Å². The van der Waals surface area contributed by atoms with Gasteiger partial charge in [0.25, 0.3) is 0 Å². The number of hydrogen-bond donors (Lipinski definition) is 2. The Labute approximate surface area is 164 Å². The molecule has 1 heterocycles. The predicted molar refractivity (Wildman–Crippen MR) is 108 cm³/mol. The van der Waals surface area contributed by atoms with Crippen LogP contribution in [0.2, 0.25) is 0 Å². The van der Waals surface area contributed by atoms with E-state index in [9.17, 15) is 0 Å². The van der Waals surface area contributed by atoms with Crippen molar-refractivity contribution in [2.75, 3.05) is 31.4 Å². The van der Waals surface area contributed by atoms with Crippen LogP contribution in [0.25, 0.3) is 0 Å². The molecule has 1 aromatic heterocycles. The average Bonchev–Trinajstić information content (AvgIpc) is 2.74. The number of anilines is 3. The lowest BCUT2D eigenvalue weighted by Crippen LogP contribution is -2.08. The number of nitrogens with zero attached hydrogens (tertiary/aromatic N) is 3. The molecule has 2 aromatic carbocycles. The smallest absolute Gasteiger partial charge is 0.229 e. The van der Waals surface area contributed by atoms with Gasteiger partial charge in [-0.15, -0.1) is 0 Å². The van der Waals surface area contributed by atoms with Crippen LogP contribution < -0.4 is 20.1 Å². The fraction of sp³-hybridized carbons (Fsp3) is 0.190. The van der Waals surface area contributed by atoms with E-state index in [1.165, 1.54) is 0 Å². The highest BCUT2D eigenvalue weighted by Crippen LogP contribution is 2.27. The highest BCUT2D eigenvalue weighted by molar-refractivity contribution is 5.56. The van der Waals surface area contributed by atoms with Gasteiger partial charge in [0.2, 0.25) is 5.95 Å². The quantitative estimate of drug-likeness (QED) is 0.619. The number of benzene rings is 2. The van der Waals surface area contributed by atoms with Crippen molar-refractivity contribution in [2.45, 2.75) is 6.42 Å². The van der Waals surface area contributed by atoms with E-state index in [0.29, 0.717) is 23.8 Å². The molecular weight excluding hydrogens is 354 g/mol. The van der Waals surface area contributed by atoms with Crippen molar-refractivity contribution in [3.8, 4) is 17.6 Å². The molecule has 0 radical (unpaired) electrons. The third kappa shape index (κ3) is 4.89. The lowest BCUT2D eigenvalue weighted by atomic mass is 10.1. The molecule has 0 atom stereocenters. The molecule has 0 saturated heterocycles. The number of methoxy groups -OCH3 is 2. The summed E-state index contributed by atoms with van der Waals surface area (Å²) in [5.74, 6) is 2.65. The Balaban J connectivity index is 1.58. The van der Waals surface area contributed by atoms with Crippen molar-refractivity contribution in [1.29, 1.82) is 5.26 Å². The molecule has 0 aliphatic rings.